The molecule has 0 bridgehead atoms. The number of halogens is 3. The Bertz CT molecular complexity index is 1240. The standard InChI is InChI=1S/C20H13ClF2N4OS/c21-13-2-1-12-5-18(29-17(12)6-13)19-26-20(9-28-19,8-27-11-24-10-25-27)15-4-3-14(22)7-16(15)23/h1-7,10-11H,8-9H2. The quantitative estimate of drug-likeness (QED) is 0.467. The van der Waals surface area contributed by atoms with Gasteiger partial charge in [0, 0.05) is 21.4 Å². The number of hydrogen-bond acceptors (Lipinski definition) is 5. The lowest BCUT2D eigenvalue weighted by Gasteiger charge is -2.24. The number of benzene rings is 2. The van der Waals surface area contributed by atoms with Gasteiger partial charge in [-0.3, -0.25) is 4.68 Å². The highest BCUT2D eigenvalue weighted by atomic mass is 35.5. The average molecular weight is 431 g/mol. The van der Waals surface area contributed by atoms with Crippen molar-refractivity contribution in [2.75, 3.05) is 6.61 Å². The Morgan fingerprint density at radius 3 is 2.86 bits per heavy atom. The Morgan fingerprint density at radius 2 is 2.07 bits per heavy atom. The van der Waals surface area contributed by atoms with Gasteiger partial charge in [0.1, 0.15) is 36.4 Å². The molecule has 0 amide bonds. The SMILES string of the molecule is Fc1ccc(C2(Cn3cncn3)COC(c3cc4ccc(Cl)cc4s3)=N2)c(F)c1. The molecular formula is C20H13ClF2N4OS. The van der Waals surface area contributed by atoms with Crippen LogP contribution in [0.3, 0.4) is 0 Å². The molecule has 5 rings (SSSR count). The van der Waals surface area contributed by atoms with Crippen molar-refractivity contribution in [1.29, 1.82) is 0 Å². The summed E-state index contributed by atoms with van der Waals surface area (Å²) in [5.41, 5.74) is -0.845. The number of aromatic nitrogens is 3. The molecule has 0 fully saturated rings. The van der Waals surface area contributed by atoms with Crippen LogP contribution < -0.4 is 0 Å². The number of fused-ring (bicyclic) bond motifs is 1. The highest BCUT2D eigenvalue weighted by molar-refractivity contribution is 7.20. The number of rotatable bonds is 4. The minimum absolute atomic E-state index is 0.0970. The highest BCUT2D eigenvalue weighted by Gasteiger charge is 2.42. The van der Waals surface area contributed by atoms with Crippen molar-refractivity contribution in [3.63, 3.8) is 0 Å². The van der Waals surface area contributed by atoms with Crippen LogP contribution in [0.5, 0.6) is 0 Å². The van der Waals surface area contributed by atoms with Crippen molar-refractivity contribution in [2.45, 2.75) is 12.1 Å². The molecule has 2 aromatic carbocycles. The molecule has 0 spiro atoms. The van der Waals surface area contributed by atoms with Crippen LogP contribution in [0.15, 0.2) is 60.1 Å². The molecule has 29 heavy (non-hydrogen) atoms. The minimum atomic E-state index is -1.09. The Balaban J connectivity index is 1.62. The van der Waals surface area contributed by atoms with Crippen LogP contribution in [0.1, 0.15) is 10.4 Å². The van der Waals surface area contributed by atoms with Gasteiger partial charge in [-0.2, -0.15) is 5.10 Å². The van der Waals surface area contributed by atoms with Crippen molar-refractivity contribution >= 4 is 38.9 Å². The van der Waals surface area contributed by atoms with Gasteiger partial charge in [-0.15, -0.1) is 11.3 Å². The number of thiophene rings is 1. The van der Waals surface area contributed by atoms with Crippen molar-refractivity contribution in [3.05, 3.63) is 82.2 Å². The van der Waals surface area contributed by atoms with Gasteiger partial charge in [0.15, 0.2) is 0 Å². The van der Waals surface area contributed by atoms with E-state index < -0.39 is 17.2 Å². The predicted octanol–water partition coefficient (Wildman–Crippen LogP) is 4.80. The van der Waals surface area contributed by atoms with Gasteiger partial charge in [-0.25, -0.2) is 18.8 Å². The number of aliphatic imine (C=N–C) groups is 1. The van der Waals surface area contributed by atoms with E-state index in [1.807, 2.05) is 24.3 Å². The zero-order valence-electron chi connectivity index (χ0n) is 14.8. The maximum absolute atomic E-state index is 14.7. The summed E-state index contributed by atoms with van der Waals surface area (Å²) in [5.74, 6) is -0.917. The second kappa shape index (κ2) is 6.89. The molecule has 5 nitrogen and oxygen atoms in total. The molecule has 0 N–H and O–H groups in total. The third-order valence-electron chi connectivity index (χ3n) is 4.78. The summed E-state index contributed by atoms with van der Waals surface area (Å²) in [5, 5.41) is 5.78. The van der Waals surface area contributed by atoms with Crippen LogP contribution in [0.2, 0.25) is 5.02 Å². The van der Waals surface area contributed by atoms with E-state index in [2.05, 4.69) is 10.1 Å². The van der Waals surface area contributed by atoms with Gasteiger partial charge >= 0.3 is 0 Å². The van der Waals surface area contributed by atoms with Gasteiger partial charge in [0.2, 0.25) is 5.90 Å². The van der Waals surface area contributed by atoms with Gasteiger partial charge in [0.05, 0.1) is 11.4 Å². The van der Waals surface area contributed by atoms with E-state index in [1.165, 1.54) is 36.1 Å². The van der Waals surface area contributed by atoms with Gasteiger partial charge < -0.3 is 4.74 Å². The lowest BCUT2D eigenvalue weighted by Crippen LogP contribution is -2.32. The van der Waals surface area contributed by atoms with E-state index in [4.69, 9.17) is 21.3 Å². The molecule has 1 atom stereocenters. The van der Waals surface area contributed by atoms with E-state index >= 15 is 0 Å². The van der Waals surface area contributed by atoms with Gasteiger partial charge in [-0.05, 0) is 29.7 Å². The van der Waals surface area contributed by atoms with Crippen LogP contribution in [0, 0.1) is 11.6 Å². The van der Waals surface area contributed by atoms with Crippen LogP contribution in [-0.2, 0) is 16.8 Å². The number of ether oxygens (including phenoxy) is 1. The Morgan fingerprint density at radius 1 is 1.17 bits per heavy atom. The summed E-state index contributed by atoms with van der Waals surface area (Å²) < 4.78 is 36.6. The topological polar surface area (TPSA) is 52.3 Å². The third kappa shape index (κ3) is 3.28. The first-order valence-corrected chi connectivity index (χ1v) is 9.92. The van der Waals surface area contributed by atoms with Crippen LogP contribution in [-0.4, -0.2) is 27.3 Å². The zero-order chi connectivity index (χ0) is 20.0. The van der Waals surface area contributed by atoms with Crippen molar-refractivity contribution in [3.8, 4) is 0 Å². The van der Waals surface area contributed by atoms with Crippen LogP contribution >= 0.6 is 22.9 Å². The van der Waals surface area contributed by atoms with Gasteiger partial charge in [0.25, 0.3) is 0 Å². The molecular weight excluding hydrogens is 418 g/mol. The summed E-state index contributed by atoms with van der Waals surface area (Å²) in [6.45, 7) is 0.301. The summed E-state index contributed by atoms with van der Waals surface area (Å²) in [6.07, 6.45) is 2.92. The van der Waals surface area contributed by atoms with Crippen molar-refractivity contribution < 1.29 is 13.5 Å². The first kappa shape index (κ1) is 18.2. The number of hydrogen-bond donors (Lipinski definition) is 0. The molecule has 1 unspecified atom stereocenters. The summed E-state index contributed by atoms with van der Waals surface area (Å²) >= 11 is 7.57. The molecule has 0 saturated heterocycles. The second-order valence-corrected chi connectivity index (χ2v) is 8.27. The second-order valence-electron chi connectivity index (χ2n) is 6.75. The maximum Gasteiger partial charge on any atom is 0.227 e. The molecule has 9 heteroatoms. The summed E-state index contributed by atoms with van der Waals surface area (Å²) in [7, 11) is 0. The summed E-state index contributed by atoms with van der Waals surface area (Å²) in [4.78, 5) is 9.51. The third-order valence-corrected chi connectivity index (χ3v) is 6.10. The fraction of sp³-hybridized carbons (Fsp3) is 0.150. The monoisotopic (exact) mass is 430 g/mol. The molecule has 2 aromatic heterocycles. The van der Waals surface area contributed by atoms with Crippen molar-refractivity contribution in [1.82, 2.24) is 14.8 Å². The molecule has 0 radical (unpaired) electrons. The Hall–Kier alpha value is -2.84. The molecule has 146 valence electrons. The number of nitrogens with zero attached hydrogens (tertiary/aromatic N) is 4. The Labute approximate surface area is 173 Å². The fourth-order valence-electron chi connectivity index (χ4n) is 3.44. The maximum atomic E-state index is 14.7. The largest absolute Gasteiger partial charge is 0.474 e. The van der Waals surface area contributed by atoms with E-state index in [-0.39, 0.29) is 18.7 Å². The minimum Gasteiger partial charge on any atom is -0.474 e. The van der Waals surface area contributed by atoms with E-state index in [9.17, 15) is 8.78 Å². The van der Waals surface area contributed by atoms with Crippen LogP contribution in [0.4, 0.5) is 8.78 Å². The molecule has 0 aliphatic carbocycles. The molecule has 1 aliphatic heterocycles. The fourth-order valence-corrected chi connectivity index (χ4v) is 4.72. The average Bonchev–Trinajstić information content (AvgIpc) is 3.41. The smallest absolute Gasteiger partial charge is 0.227 e. The lowest BCUT2D eigenvalue weighted by atomic mass is 9.91. The molecule has 1 aliphatic rings. The van der Waals surface area contributed by atoms with Crippen molar-refractivity contribution in [2.24, 2.45) is 4.99 Å². The highest BCUT2D eigenvalue weighted by Crippen LogP contribution is 2.38. The van der Waals surface area contributed by atoms with Crippen LogP contribution in [0.25, 0.3) is 10.1 Å². The lowest BCUT2D eigenvalue weighted by molar-refractivity contribution is 0.226. The zero-order valence-corrected chi connectivity index (χ0v) is 16.4. The molecule has 4 aromatic rings. The normalized spacial score (nSPS) is 18.8. The van der Waals surface area contributed by atoms with E-state index in [0.717, 1.165) is 21.0 Å². The van der Waals surface area contributed by atoms with Gasteiger partial charge in [-0.1, -0.05) is 23.7 Å². The van der Waals surface area contributed by atoms with E-state index in [1.54, 1.807) is 4.68 Å². The predicted molar refractivity (Wildman–Crippen MR) is 107 cm³/mol. The first-order chi connectivity index (χ1) is 14.0. The van der Waals surface area contributed by atoms with E-state index in [0.29, 0.717) is 10.9 Å². The Kier molecular flexibility index (Phi) is 4.33. The first-order valence-electron chi connectivity index (χ1n) is 8.72. The molecule has 0 saturated carbocycles. The summed E-state index contributed by atoms with van der Waals surface area (Å²) in [6, 6.07) is 11.1. The molecule has 3 heterocycles.